The Labute approximate surface area is 265 Å². The molecule has 0 spiro atoms. The summed E-state index contributed by atoms with van der Waals surface area (Å²) in [6.07, 6.45) is 5.03. The number of halogens is 2. The van der Waals surface area contributed by atoms with Crippen LogP contribution >= 0.6 is 56.5 Å². The molecule has 1 atom stereocenters. The van der Waals surface area contributed by atoms with Gasteiger partial charge in [0.2, 0.25) is 0 Å². The van der Waals surface area contributed by atoms with Gasteiger partial charge < -0.3 is 9.47 Å². The zero-order valence-corrected chi connectivity index (χ0v) is 28.1. The molecular weight excluding hydrogens is 750 g/mol. The molecule has 0 amide bonds. The smallest absolute Gasteiger partial charge is 0.338 e. The van der Waals surface area contributed by atoms with Crippen LogP contribution in [-0.2, 0) is 9.53 Å². The minimum atomic E-state index is -0.616. The van der Waals surface area contributed by atoms with Crippen molar-refractivity contribution in [3.63, 3.8) is 0 Å². The number of carbonyl (C=O) groups excluding carboxylic acids is 1. The molecule has 1 aliphatic heterocycles. The van der Waals surface area contributed by atoms with E-state index in [4.69, 9.17) is 14.5 Å². The number of hydrogen-bond acceptors (Lipinski definition) is 6. The average Bonchev–Trinajstić information content (AvgIpc) is 3.22. The van der Waals surface area contributed by atoms with E-state index in [2.05, 4.69) is 84.7 Å². The predicted molar refractivity (Wildman–Crippen MR) is 178 cm³/mol. The second-order valence-electron chi connectivity index (χ2n) is 9.65. The Bertz CT molecular complexity index is 1610. The number of nitrogens with zero attached hydrogens (tertiary/aromatic N) is 2. The molecule has 210 valence electrons. The first-order chi connectivity index (χ1) is 19.2. The molecule has 1 aliphatic rings. The molecule has 0 saturated carbocycles. The maximum Gasteiger partial charge on any atom is 0.338 e. The van der Waals surface area contributed by atoms with Crippen molar-refractivity contribution in [2.45, 2.75) is 52.5 Å². The summed E-state index contributed by atoms with van der Waals surface area (Å²) in [4.78, 5) is 32.8. The molecule has 0 saturated heterocycles. The molecule has 6 nitrogen and oxygen atoms in total. The topological polar surface area (TPSA) is 69.9 Å². The van der Waals surface area contributed by atoms with Crippen LogP contribution < -0.4 is 19.6 Å². The van der Waals surface area contributed by atoms with Crippen LogP contribution in [0.1, 0.15) is 69.2 Å². The maximum atomic E-state index is 14.0. The first-order valence-corrected chi connectivity index (χ1v) is 16.2. The summed E-state index contributed by atoms with van der Waals surface area (Å²) >= 11 is 5.83. The van der Waals surface area contributed by atoms with Crippen LogP contribution in [0.3, 0.4) is 0 Å². The van der Waals surface area contributed by atoms with Gasteiger partial charge in [0, 0.05) is 0 Å². The van der Waals surface area contributed by atoms with Crippen molar-refractivity contribution in [1.29, 1.82) is 0 Å². The van der Waals surface area contributed by atoms with Gasteiger partial charge in [-0.1, -0.05) is 75.4 Å². The lowest BCUT2D eigenvalue weighted by Gasteiger charge is -2.26. The number of fused-ring (bicyclic) bond motifs is 1. The van der Waals surface area contributed by atoms with Gasteiger partial charge in [-0.25, -0.2) is 9.79 Å². The Hall–Kier alpha value is -2.25. The largest absolute Gasteiger partial charge is 0.487 e. The van der Waals surface area contributed by atoms with Crippen LogP contribution in [0.5, 0.6) is 5.75 Å². The van der Waals surface area contributed by atoms with Crippen molar-refractivity contribution in [1.82, 2.24) is 4.57 Å². The zero-order valence-electron chi connectivity index (χ0n) is 23.0. The van der Waals surface area contributed by atoms with E-state index in [9.17, 15) is 9.59 Å². The molecule has 9 heteroatoms. The van der Waals surface area contributed by atoms with Crippen LogP contribution in [0.2, 0.25) is 0 Å². The van der Waals surface area contributed by atoms with E-state index < -0.39 is 12.0 Å². The molecule has 2 heterocycles. The fourth-order valence-corrected chi connectivity index (χ4v) is 7.74. The third-order valence-corrected chi connectivity index (χ3v) is 9.06. The molecule has 40 heavy (non-hydrogen) atoms. The quantitative estimate of drug-likeness (QED) is 0.134. The van der Waals surface area contributed by atoms with Gasteiger partial charge in [0.15, 0.2) is 4.80 Å². The maximum absolute atomic E-state index is 14.0. The number of esters is 1. The fourth-order valence-electron chi connectivity index (χ4n) is 4.59. The van der Waals surface area contributed by atoms with Crippen molar-refractivity contribution in [2.24, 2.45) is 4.99 Å². The van der Waals surface area contributed by atoms with Gasteiger partial charge >= 0.3 is 5.97 Å². The molecule has 3 aromatic rings. The van der Waals surface area contributed by atoms with Gasteiger partial charge in [-0.05, 0) is 99.3 Å². The van der Waals surface area contributed by atoms with Gasteiger partial charge in [0.25, 0.3) is 5.56 Å². The zero-order chi connectivity index (χ0) is 29.0. The fraction of sp³-hybridized carbons (Fsp3) is 0.323. The summed E-state index contributed by atoms with van der Waals surface area (Å²) in [5, 5.41) is 0. The third-order valence-electron chi connectivity index (χ3n) is 6.47. The number of allylic oxidation sites excluding steroid dienone is 1. The molecule has 4 rings (SSSR count). The molecule has 0 radical (unpaired) electrons. The summed E-state index contributed by atoms with van der Waals surface area (Å²) in [5.41, 5.74) is 3.87. The van der Waals surface area contributed by atoms with Crippen molar-refractivity contribution in [3.8, 4) is 5.75 Å². The Kier molecular flexibility index (Phi) is 10.4. The van der Waals surface area contributed by atoms with E-state index in [0.717, 1.165) is 30.4 Å². The van der Waals surface area contributed by atoms with Crippen LogP contribution in [0.15, 0.2) is 70.1 Å². The molecule has 0 bridgehead atoms. The van der Waals surface area contributed by atoms with E-state index in [1.807, 2.05) is 30.3 Å². The second-order valence-corrected chi connectivity index (χ2v) is 13.0. The van der Waals surface area contributed by atoms with E-state index in [1.165, 1.54) is 16.9 Å². The predicted octanol–water partition coefficient (Wildman–Crippen LogP) is 6.48. The highest BCUT2D eigenvalue weighted by Crippen LogP contribution is 2.33. The molecule has 1 unspecified atom stereocenters. The van der Waals surface area contributed by atoms with Gasteiger partial charge in [-0.2, -0.15) is 0 Å². The van der Waals surface area contributed by atoms with Crippen molar-refractivity contribution >= 4 is 68.6 Å². The number of carbonyl (C=O) groups is 1. The SMILES string of the molecule is C=CCOc1c(I)cc(/C=c2\sc3n(c2=O)C(c2ccc(C(C)C)cc2)C(C(=O)OCC)=C(CCC)N=3)cc1I. The minimum absolute atomic E-state index is 0.184. The Morgan fingerprint density at radius 1 is 1.18 bits per heavy atom. The second kappa shape index (κ2) is 13.6. The summed E-state index contributed by atoms with van der Waals surface area (Å²) in [5.74, 6) is 0.736. The molecule has 1 aromatic heterocycles. The van der Waals surface area contributed by atoms with Gasteiger partial charge in [-0.3, -0.25) is 9.36 Å². The Morgan fingerprint density at radius 3 is 2.42 bits per heavy atom. The molecule has 2 aromatic carbocycles. The number of thiazole rings is 1. The molecular formula is C31H32I2N2O4S. The van der Waals surface area contributed by atoms with E-state index >= 15 is 0 Å². The Morgan fingerprint density at radius 2 is 1.85 bits per heavy atom. The number of rotatable bonds is 10. The monoisotopic (exact) mass is 782 g/mol. The molecule has 0 fully saturated rings. The lowest BCUT2D eigenvalue weighted by molar-refractivity contribution is -0.139. The summed E-state index contributed by atoms with van der Waals surface area (Å²) in [6, 6.07) is 11.5. The standard InChI is InChI=1S/C31H32I2N2O4S/c1-6-9-24-26(30(37)38-8-3)27(21-12-10-20(11-13-21)18(4)5)35-29(36)25(40-31(35)34-24)17-19-15-22(32)28(23(33)16-19)39-14-7-2/h7,10-13,15-18,27H,2,6,8-9,14H2,1,3-5H3/b25-17-. The third kappa shape index (κ3) is 6.46. The highest BCUT2D eigenvalue weighted by Gasteiger charge is 2.34. The van der Waals surface area contributed by atoms with Crippen molar-refractivity contribution in [3.05, 3.63) is 104 Å². The van der Waals surface area contributed by atoms with Gasteiger partial charge in [0.05, 0.1) is 35.6 Å². The summed E-state index contributed by atoms with van der Waals surface area (Å²) < 4.78 is 15.4. The molecule has 0 N–H and O–H groups in total. The van der Waals surface area contributed by atoms with Crippen molar-refractivity contribution < 1.29 is 14.3 Å². The first-order valence-electron chi connectivity index (χ1n) is 13.2. The van der Waals surface area contributed by atoms with Gasteiger partial charge in [-0.15, -0.1) is 0 Å². The van der Waals surface area contributed by atoms with Crippen LogP contribution in [0, 0.1) is 7.14 Å². The lowest BCUT2D eigenvalue weighted by atomic mass is 9.92. The number of ether oxygens (including phenoxy) is 2. The lowest BCUT2D eigenvalue weighted by Crippen LogP contribution is -2.40. The van der Waals surface area contributed by atoms with Crippen LogP contribution in [0.25, 0.3) is 6.08 Å². The van der Waals surface area contributed by atoms with E-state index in [-0.39, 0.29) is 12.2 Å². The van der Waals surface area contributed by atoms with Crippen molar-refractivity contribution in [2.75, 3.05) is 13.2 Å². The van der Waals surface area contributed by atoms with Crippen LogP contribution in [0.4, 0.5) is 0 Å². The minimum Gasteiger partial charge on any atom is -0.487 e. The Balaban J connectivity index is 1.93. The highest BCUT2D eigenvalue weighted by molar-refractivity contribution is 14.1. The first kappa shape index (κ1) is 30.7. The summed E-state index contributed by atoms with van der Waals surface area (Å²) in [6.45, 7) is 12.5. The summed E-state index contributed by atoms with van der Waals surface area (Å²) in [7, 11) is 0. The van der Waals surface area contributed by atoms with E-state index in [0.29, 0.717) is 39.5 Å². The van der Waals surface area contributed by atoms with Crippen LogP contribution in [-0.4, -0.2) is 23.8 Å². The van der Waals surface area contributed by atoms with Gasteiger partial charge in [0.1, 0.15) is 12.4 Å². The number of benzene rings is 2. The highest BCUT2D eigenvalue weighted by atomic mass is 127. The van der Waals surface area contributed by atoms with E-state index in [1.54, 1.807) is 17.6 Å². The normalized spacial score (nSPS) is 15.2. The average molecular weight is 782 g/mol. The molecule has 0 aliphatic carbocycles. The number of aromatic nitrogens is 1. The number of hydrogen-bond donors (Lipinski definition) is 0.